The Morgan fingerprint density at radius 1 is 1.15 bits per heavy atom. The van der Waals surface area contributed by atoms with Crippen LogP contribution in [0.15, 0.2) is 18.2 Å². The minimum absolute atomic E-state index is 0.0618. The summed E-state index contributed by atoms with van der Waals surface area (Å²) in [5.41, 5.74) is 1.85. The molecule has 6 heteroatoms. The lowest BCUT2D eigenvalue weighted by atomic mass is 9.97. The summed E-state index contributed by atoms with van der Waals surface area (Å²) in [7, 11) is 1.66. The van der Waals surface area contributed by atoms with Crippen molar-refractivity contribution in [2.24, 2.45) is 5.92 Å². The summed E-state index contributed by atoms with van der Waals surface area (Å²) in [5, 5.41) is 1.04. The molecule has 2 saturated heterocycles. The van der Waals surface area contributed by atoms with E-state index in [4.69, 9.17) is 14.7 Å². The van der Waals surface area contributed by atoms with Crippen LogP contribution in [0.1, 0.15) is 31.4 Å². The number of carbonyl (C=O) groups is 1. The van der Waals surface area contributed by atoms with Gasteiger partial charge in [0.1, 0.15) is 5.75 Å². The van der Waals surface area contributed by atoms with Crippen molar-refractivity contribution in [2.75, 3.05) is 38.2 Å². The fourth-order valence-electron chi connectivity index (χ4n) is 4.08. The van der Waals surface area contributed by atoms with Crippen LogP contribution < -0.4 is 9.64 Å². The molecule has 2 aliphatic rings. The Balaban J connectivity index is 1.58. The maximum atomic E-state index is 12.8. The number of anilines is 1. The number of methoxy groups -OCH3 is 1. The second-order valence-corrected chi connectivity index (χ2v) is 7.31. The van der Waals surface area contributed by atoms with Crippen LogP contribution >= 0.6 is 0 Å². The molecule has 1 aromatic carbocycles. The van der Waals surface area contributed by atoms with Gasteiger partial charge in [0.15, 0.2) is 0 Å². The molecule has 2 aliphatic heterocycles. The predicted octanol–water partition coefficient (Wildman–Crippen LogP) is 2.79. The van der Waals surface area contributed by atoms with Gasteiger partial charge in [0.2, 0.25) is 11.9 Å². The number of piperidine rings is 1. The van der Waals surface area contributed by atoms with Crippen LogP contribution in [0, 0.1) is 12.8 Å². The van der Waals surface area contributed by atoms with Gasteiger partial charge >= 0.3 is 0 Å². The molecule has 2 fully saturated rings. The topological polar surface area (TPSA) is 58.6 Å². The molecule has 1 atom stereocenters. The van der Waals surface area contributed by atoms with Crippen molar-refractivity contribution in [1.82, 2.24) is 14.9 Å². The summed E-state index contributed by atoms with van der Waals surface area (Å²) in [4.78, 5) is 26.5. The van der Waals surface area contributed by atoms with Crippen molar-refractivity contribution in [3.05, 3.63) is 23.9 Å². The first kappa shape index (κ1) is 17.1. The molecule has 2 aromatic rings. The van der Waals surface area contributed by atoms with Crippen molar-refractivity contribution < 1.29 is 9.53 Å². The Bertz CT molecular complexity index is 817. The summed E-state index contributed by atoms with van der Waals surface area (Å²) < 4.78 is 5.33. The van der Waals surface area contributed by atoms with Gasteiger partial charge in [-0.3, -0.25) is 4.79 Å². The van der Waals surface area contributed by atoms with Crippen LogP contribution in [0.4, 0.5) is 5.95 Å². The van der Waals surface area contributed by atoms with Gasteiger partial charge < -0.3 is 14.5 Å². The molecule has 138 valence electrons. The van der Waals surface area contributed by atoms with Gasteiger partial charge in [-0.05, 0) is 44.7 Å². The predicted molar refractivity (Wildman–Crippen MR) is 102 cm³/mol. The van der Waals surface area contributed by atoms with Crippen LogP contribution in [0.25, 0.3) is 10.9 Å². The summed E-state index contributed by atoms with van der Waals surface area (Å²) in [5.74, 6) is 1.89. The zero-order valence-electron chi connectivity index (χ0n) is 15.6. The maximum Gasteiger partial charge on any atom is 0.227 e. The Kier molecular flexibility index (Phi) is 4.66. The lowest BCUT2D eigenvalue weighted by Gasteiger charge is -2.34. The second-order valence-electron chi connectivity index (χ2n) is 7.31. The van der Waals surface area contributed by atoms with E-state index in [9.17, 15) is 4.79 Å². The third-order valence-corrected chi connectivity index (χ3v) is 5.55. The highest BCUT2D eigenvalue weighted by molar-refractivity contribution is 5.83. The van der Waals surface area contributed by atoms with Crippen LogP contribution in [0.3, 0.4) is 0 Å². The molecule has 3 heterocycles. The van der Waals surface area contributed by atoms with E-state index in [2.05, 4.69) is 4.90 Å². The third-order valence-electron chi connectivity index (χ3n) is 5.55. The van der Waals surface area contributed by atoms with E-state index < -0.39 is 0 Å². The van der Waals surface area contributed by atoms with Crippen LogP contribution in [-0.4, -0.2) is 54.1 Å². The Hall–Kier alpha value is -2.37. The van der Waals surface area contributed by atoms with E-state index in [1.807, 2.05) is 30.0 Å². The summed E-state index contributed by atoms with van der Waals surface area (Å²) in [6, 6.07) is 5.89. The van der Waals surface area contributed by atoms with E-state index in [1.165, 1.54) is 0 Å². The van der Waals surface area contributed by atoms with Crippen LogP contribution in [0.2, 0.25) is 0 Å². The standard InChI is InChI=1S/C20H26N4O2/c1-14-17-8-7-16(26-2)12-18(17)22-20(21-14)24-11-5-6-15(13-24)19(25)23-9-3-4-10-23/h7-8,12,15H,3-6,9-11,13H2,1-2H3. The Labute approximate surface area is 154 Å². The van der Waals surface area contributed by atoms with E-state index >= 15 is 0 Å². The van der Waals surface area contributed by atoms with Crippen molar-refractivity contribution in [2.45, 2.75) is 32.6 Å². The van der Waals surface area contributed by atoms with E-state index in [-0.39, 0.29) is 5.92 Å². The Morgan fingerprint density at radius 3 is 2.73 bits per heavy atom. The monoisotopic (exact) mass is 354 g/mol. The zero-order valence-corrected chi connectivity index (χ0v) is 15.6. The number of aryl methyl sites for hydroxylation is 1. The fraction of sp³-hybridized carbons (Fsp3) is 0.550. The SMILES string of the molecule is COc1ccc2c(C)nc(N3CCCC(C(=O)N4CCCC4)C3)nc2c1. The zero-order chi connectivity index (χ0) is 18.1. The molecule has 1 amide bonds. The molecule has 0 bridgehead atoms. The third kappa shape index (κ3) is 3.20. The lowest BCUT2D eigenvalue weighted by molar-refractivity contribution is -0.134. The normalized spacial score (nSPS) is 20.6. The van der Waals surface area contributed by atoms with Gasteiger partial charge in [-0.2, -0.15) is 0 Å². The second kappa shape index (κ2) is 7.09. The first-order valence-corrected chi connectivity index (χ1v) is 9.52. The number of likely N-dealkylation sites (tertiary alicyclic amines) is 1. The first-order valence-electron chi connectivity index (χ1n) is 9.52. The quantitative estimate of drug-likeness (QED) is 0.848. The molecule has 1 unspecified atom stereocenters. The molecule has 0 spiro atoms. The molecule has 1 aromatic heterocycles. The van der Waals surface area contributed by atoms with Gasteiger partial charge in [0.25, 0.3) is 0 Å². The molecule has 0 aliphatic carbocycles. The van der Waals surface area contributed by atoms with E-state index in [0.29, 0.717) is 12.5 Å². The number of nitrogens with zero attached hydrogens (tertiary/aromatic N) is 4. The number of hydrogen-bond donors (Lipinski definition) is 0. The summed E-state index contributed by atoms with van der Waals surface area (Å²) >= 11 is 0. The number of ether oxygens (including phenoxy) is 1. The molecule has 4 rings (SSSR count). The van der Waals surface area contributed by atoms with Gasteiger partial charge in [0, 0.05) is 37.6 Å². The average molecular weight is 354 g/mol. The number of aromatic nitrogens is 2. The van der Waals surface area contributed by atoms with Gasteiger partial charge in [-0.25, -0.2) is 9.97 Å². The summed E-state index contributed by atoms with van der Waals surface area (Å²) in [6.45, 7) is 5.46. The number of fused-ring (bicyclic) bond motifs is 1. The first-order chi connectivity index (χ1) is 12.7. The number of rotatable bonds is 3. The molecular formula is C20H26N4O2. The highest BCUT2D eigenvalue weighted by Gasteiger charge is 2.31. The molecule has 0 N–H and O–H groups in total. The van der Waals surface area contributed by atoms with Gasteiger partial charge in [-0.15, -0.1) is 0 Å². The number of amides is 1. The smallest absolute Gasteiger partial charge is 0.227 e. The van der Waals surface area contributed by atoms with E-state index in [0.717, 1.165) is 73.6 Å². The van der Waals surface area contributed by atoms with Gasteiger partial charge in [0.05, 0.1) is 24.2 Å². The fourth-order valence-corrected chi connectivity index (χ4v) is 4.08. The lowest BCUT2D eigenvalue weighted by Crippen LogP contribution is -2.44. The minimum atomic E-state index is 0.0618. The average Bonchev–Trinajstić information content (AvgIpc) is 3.21. The van der Waals surface area contributed by atoms with Crippen LogP contribution in [0.5, 0.6) is 5.75 Å². The minimum Gasteiger partial charge on any atom is -0.497 e. The van der Waals surface area contributed by atoms with Crippen molar-refractivity contribution in [3.8, 4) is 5.75 Å². The van der Waals surface area contributed by atoms with Crippen molar-refractivity contribution in [3.63, 3.8) is 0 Å². The Morgan fingerprint density at radius 2 is 1.96 bits per heavy atom. The van der Waals surface area contributed by atoms with Crippen LogP contribution in [-0.2, 0) is 4.79 Å². The number of carbonyl (C=O) groups excluding carboxylic acids is 1. The number of benzene rings is 1. The van der Waals surface area contributed by atoms with Crippen molar-refractivity contribution >= 4 is 22.8 Å². The molecular weight excluding hydrogens is 328 g/mol. The molecule has 0 radical (unpaired) electrons. The van der Waals surface area contributed by atoms with E-state index in [1.54, 1.807) is 7.11 Å². The van der Waals surface area contributed by atoms with Gasteiger partial charge in [-0.1, -0.05) is 0 Å². The molecule has 0 saturated carbocycles. The molecule has 6 nitrogen and oxygen atoms in total. The maximum absolute atomic E-state index is 12.8. The highest BCUT2D eigenvalue weighted by atomic mass is 16.5. The summed E-state index contributed by atoms with van der Waals surface area (Å²) in [6.07, 6.45) is 4.24. The largest absolute Gasteiger partial charge is 0.497 e. The molecule has 26 heavy (non-hydrogen) atoms. The highest BCUT2D eigenvalue weighted by Crippen LogP contribution is 2.27. The van der Waals surface area contributed by atoms with Crippen molar-refractivity contribution in [1.29, 1.82) is 0 Å². The number of hydrogen-bond acceptors (Lipinski definition) is 5.